The average Bonchev–Trinajstić information content (AvgIpc) is 2.46. The van der Waals surface area contributed by atoms with Gasteiger partial charge in [0.25, 0.3) is 0 Å². The number of hydrogen-bond donors (Lipinski definition) is 0. The van der Waals surface area contributed by atoms with Gasteiger partial charge in [-0.05, 0) is 52.5 Å². The third-order valence-electron chi connectivity index (χ3n) is 4.27. The highest BCUT2D eigenvalue weighted by molar-refractivity contribution is 5.71. The topological polar surface area (TPSA) is 32.8 Å². The number of esters is 1. The Labute approximate surface area is 136 Å². The Morgan fingerprint density at radius 1 is 1.14 bits per heavy atom. The lowest BCUT2D eigenvalue weighted by molar-refractivity contribution is -0.144. The van der Waals surface area contributed by atoms with Gasteiger partial charge in [0.05, 0.1) is 13.2 Å². The summed E-state index contributed by atoms with van der Waals surface area (Å²) in [6.07, 6.45) is 6.10. The molecule has 1 aliphatic rings. The van der Waals surface area contributed by atoms with Crippen molar-refractivity contribution in [3.8, 4) is 0 Å². The lowest BCUT2D eigenvalue weighted by atomic mass is 10.0. The zero-order chi connectivity index (χ0) is 16.4. The standard InChI is InChI=1S/C18H34N2O2/c1-5-22-18(21)15-20-13-11-19(12-14-20)10-9-17(4)8-6-7-16(2)3/h7,17H,5-6,8-15H2,1-4H3/t17-/m1/s1. The molecule has 1 heterocycles. The smallest absolute Gasteiger partial charge is 0.320 e. The van der Waals surface area contributed by atoms with E-state index in [2.05, 4.69) is 36.6 Å². The van der Waals surface area contributed by atoms with Crippen LogP contribution in [0, 0.1) is 5.92 Å². The van der Waals surface area contributed by atoms with Gasteiger partial charge in [-0.2, -0.15) is 0 Å². The van der Waals surface area contributed by atoms with Crippen molar-refractivity contribution in [3.63, 3.8) is 0 Å². The normalized spacial score (nSPS) is 18.0. The maximum absolute atomic E-state index is 11.5. The Hall–Kier alpha value is -0.870. The largest absolute Gasteiger partial charge is 0.465 e. The van der Waals surface area contributed by atoms with E-state index in [1.54, 1.807) is 0 Å². The Balaban J connectivity index is 2.12. The molecular formula is C18H34N2O2. The predicted octanol–water partition coefficient (Wildman–Crippen LogP) is 2.94. The first-order chi connectivity index (χ1) is 10.5. The Bertz CT molecular complexity index is 343. The van der Waals surface area contributed by atoms with Crippen LogP contribution in [0.1, 0.15) is 47.0 Å². The molecule has 4 heteroatoms. The molecule has 1 rings (SSSR count). The van der Waals surface area contributed by atoms with Crippen molar-refractivity contribution >= 4 is 5.97 Å². The van der Waals surface area contributed by atoms with Crippen molar-refractivity contribution in [2.75, 3.05) is 45.9 Å². The third kappa shape index (κ3) is 8.54. The fraction of sp³-hybridized carbons (Fsp3) is 0.833. The minimum atomic E-state index is -0.0937. The van der Waals surface area contributed by atoms with Crippen LogP contribution in [0.15, 0.2) is 11.6 Å². The summed E-state index contributed by atoms with van der Waals surface area (Å²) in [6, 6.07) is 0. The molecule has 0 bridgehead atoms. The Kier molecular flexibility index (Phi) is 9.41. The molecule has 22 heavy (non-hydrogen) atoms. The second-order valence-electron chi connectivity index (χ2n) is 6.68. The zero-order valence-corrected chi connectivity index (χ0v) is 14.9. The number of rotatable bonds is 9. The van der Waals surface area contributed by atoms with Gasteiger partial charge in [-0.3, -0.25) is 9.69 Å². The quantitative estimate of drug-likeness (QED) is 0.484. The molecule has 1 fully saturated rings. The number of ether oxygens (including phenoxy) is 1. The van der Waals surface area contributed by atoms with Crippen molar-refractivity contribution in [1.82, 2.24) is 9.80 Å². The summed E-state index contributed by atoms with van der Waals surface area (Å²) in [5, 5.41) is 0. The predicted molar refractivity (Wildman–Crippen MR) is 92.0 cm³/mol. The summed E-state index contributed by atoms with van der Waals surface area (Å²) >= 11 is 0. The maximum Gasteiger partial charge on any atom is 0.320 e. The van der Waals surface area contributed by atoms with E-state index in [0.717, 1.165) is 32.1 Å². The molecule has 1 saturated heterocycles. The van der Waals surface area contributed by atoms with Gasteiger partial charge in [-0.15, -0.1) is 0 Å². The van der Waals surface area contributed by atoms with Gasteiger partial charge >= 0.3 is 5.97 Å². The highest BCUT2D eigenvalue weighted by Crippen LogP contribution is 2.13. The molecule has 0 amide bonds. The van der Waals surface area contributed by atoms with Crippen LogP contribution in [-0.4, -0.2) is 61.6 Å². The van der Waals surface area contributed by atoms with E-state index >= 15 is 0 Å². The van der Waals surface area contributed by atoms with E-state index < -0.39 is 0 Å². The molecule has 0 spiro atoms. The van der Waals surface area contributed by atoms with Gasteiger partial charge < -0.3 is 9.64 Å². The van der Waals surface area contributed by atoms with E-state index in [9.17, 15) is 4.79 Å². The second kappa shape index (κ2) is 10.8. The van der Waals surface area contributed by atoms with Crippen molar-refractivity contribution in [3.05, 3.63) is 11.6 Å². The van der Waals surface area contributed by atoms with Crippen molar-refractivity contribution in [2.24, 2.45) is 5.92 Å². The number of carbonyl (C=O) groups is 1. The van der Waals surface area contributed by atoms with Crippen LogP contribution in [0.25, 0.3) is 0 Å². The molecule has 0 unspecified atom stereocenters. The first-order valence-corrected chi connectivity index (χ1v) is 8.75. The van der Waals surface area contributed by atoms with E-state index in [4.69, 9.17) is 4.74 Å². The number of hydrogen-bond acceptors (Lipinski definition) is 4. The second-order valence-corrected chi connectivity index (χ2v) is 6.68. The zero-order valence-electron chi connectivity index (χ0n) is 14.9. The van der Waals surface area contributed by atoms with Gasteiger partial charge in [0.1, 0.15) is 0 Å². The fourth-order valence-electron chi connectivity index (χ4n) is 2.76. The molecule has 1 atom stereocenters. The first kappa shape index (κ1) is 19.2. The Morgan fingerprint density at radius 2 is 1.77 bits per heavy atom. The molecule has 1 aliphatic heterocycles. The van der Waals surface area contributed by atoms with Crippen molar-refractivity contribution in [2.45, 2.75) is 47.0 Å². The number of nitrogens with zero attached hydrogens (tertiary/aromatic N) is 2. The number of piperazine rings is 1. The number of carbonyl (C=O) groups excluding carboxylic acids is 1. The summed E-state index contributed by atoms with van der Waals surface area (Å²) in [4.78, 5) is 16.2. The highest BCUT2D eigenvalue weighted by atomic mass is 16.5. The van der Waals surface area contributed by atoms with Crippen LogP contribution >= 0.6 is 0 Å². The van der Waals surface area contributed by atoms with Crippen LogP contribution in [0.2, 0.25) is 0 Å². The SMILES string of the molecule is CCOC(=O)CN1CCN(CC[C@H](C)CCC=C(C)C)CC1. The average molecular weight is 310 g/mol. The van der Waals surface area contributed by atoms with Crippen LogP contribution in [0.4, 0.5) is 0 Å². The molecular weight excluding hydrogens is 276 g/mol. The molecule has 128 valence electrons. The molecule has 0 saturated carbocycles. The summed E-state index contributed by atoms with van der Waals surface area (Å²) in [5.41, 5.74) is 1.42. The van der Waals surface area contributed by atoms with E-state index in [0.29, 0.717) is 13.2 Å². The van der Waals surface area contributed by atoms with Crippen LogP contribution in [0.3, 0.4) is 0 Å². The van der Waals surface area contributed by atoms with Crippen LogP contribution in [-0.2, 0) is 9.53 Å². The lowest BCUT2D eigenvalue weighted by Crippen LogP contribution is -2.48. The lowest BCUT2D eigenvalue weighted by Gasteiger charge is -2.34. The van der Waals surface area contributed by atoms with Gasteiger partial charge in [0, 0.05) is 26.2 Å². The molecule has 0 aliphatic carbocycles. The maximum atomic E-state index is 11.5. The van der Waals surface area contributed by atoms with Crippen molar-refractivity contribution in [1.29, 1.82) is 0 Å². The summed E-state index contributed by atoms with van der Waals surface area (Å²) in [7, 11) is 0. The first-order valence-electron chi connectivity index (χ1n) is 8.75. The minimum Gasteiger partial charge on any atom is -0.465 e. The molecule has 0 aromatic carbocycles. The summed E-state index contributed by atoms with van der Waals surface area (Å²) in [5.74, 6) is 0.692. The molecule has 0 N–H and O–H groups in total. The molecule has 0 aromatic heterocycles. The number of allylic oxidation sites excluding steroid dienone is 2. The van der Waals surface area contributed by atoms with E-state index in [1.165, 1.54) is 31.4 Å². The van der Waals surface area contributed by atoms with Gasteiger partial charge in [-0.25, -0.2) is 0 Å². The highest BCUT2D eigenvalue weighted by Gasteiger charge is 2.19. The molecule has 0 radical (unpaired) electrons. The van der Waals surface area contributed by atoms with E-state index in [1.807, 2.05) is 6.92 Å². The minimum absolute atomic E-state index is 0.0937. The summed E-state index contributed by atoms with van der Waals surface area (Å²) in [6.45, 7) is 14.7. The molecule has 4 nitrogen and oxygen atoms in total. The van der Waals surface area contributed by atoms with Crippen LogP contribution < -0.4 is 0 Å². The van der Waals surface area contributed by atoms with Crippen LogP contribution in [0.5, 0.6) is 0 Å². The third-order valence-corrected chi connectivity index (χ3v) is 4.27. The Morgan fingerprint density at radius 3 is 2.36 bits per heavy atom. The van der Waals surface area contributed by atoms with Gasteiger partial charge in [0.15, 0.2) is 0 Å². The van der Waals surface area contributed by atoms with Gasteiger partial charge in [0.2, 0.25) is 0 Å². The summed E-state index contributed by atoms with van der Waals surface area (Å²) < 4.78 is 5.01. The fourth-order valence-corrected chi connectivity index (χ4v) is 2.76. The monoisotopic (exact) mass is 310 g/mol. The van der Waals surface area contributed by atoms with Gasteiger partial charge in [-0.1, -0.05) is 18.6 Å². The van der Waals surface area contributed by atoms with Crippen molar-refractivity contribution < 1.29 is 9.53 Å². The molecule has 0 aromatic rings. The van der Waals surface area contributed by atoms with E-state index in [-0.39, 0.29) is 5.97 Å².